The molecule has 200 valence electrons. The van der Waals surface area contributed by atoms with Gasteiger partial charge in [0, 0.05) is 32.6 Å². The van der Waals surface area contributed by atoms with E-state index >= 15 is 0 Å². The highest BCUT2D eigenvalue weighted by Crippen LogP contribution is 2.13. The number of carbonyl (C=O) groups excluding carboxylic acids is 1. The Labute approximate surface area is 222 Å². The number of nitrogens with one attached hydrogen (secondary N) is 2. The lowest BCUT2D eigenvalue weighted by Crippen LogP contribution is -2.29. The number of nitrogens with zero attached hydrogens (tertiary/aromatic N) is 2. The third-order valence-electron chi connectivity index (χ3n) is 6.33. The fraction of sp³-hybridized carbons (Fsp3) is 0.333. The van der Waals surface area contributed by atoms with Gasteiger partial charge in [-0.2, -0.15) is 0 Å². The Morgan fingerprint density at radius 1 is 0.947 bits per heavy atom. The number of para-hydroxylation sites is 2. The largest absolute Gasteiger partial charge is 0.395 e. The first kappa shape index (κ1) is 27.4. The Morgan fingerprint density at radius 2 is 1.68 bits per heavy atom. The van der Waals surface area contributed by atoms with E-state index in [1.165, 1.54) is 23.3 Å². The summed E-state index contributed by atoms with van der Waals surface area (Å²) in [4.78, 5) is 22.2. The van der Waals surface area contributed by atoms with Crippen LogP contribution in [0.2, 0.25) is 0 Å². The molecule has 4 rings (SSSR count). The number of H-pyrrole nitrogens is 1. The van der Waals surface area contributed by atoms with Gasteiger partial charge in [0.15, 0.2) is 0 Å². The van der Waals surface area contributed by atoms with E-state index in [1.54, 1.807) is 12.1 Å². The maximum absolute atomic E-state index is 12.9. The zero-order valence-corrected chi connectivity index (χ0v) is 21.5. The van der Waals surface area contributed by atoms with Gasteiger partial charge in [-0.15, -0.1) is 0 Å². The van der Waals surface area contributed by atoms with E-state index in [0.717, 1.165) is 54.8 Å². The highest BCUT2D eigenvalue weighted by molar-refractivity contribution is 5.77. The number of benzene rings is 3. The fourth-order valence-corrected chi connectivity index (χ4v) is 4.28. The van der Waals surface area contributed by atoms with Gasteiger partial charge in [0.2, 0.25) is 5.91 Å². The SMILES string of the molecule is O=C(COCc1ccc(F)cc1)NCCCc1ccc(CN(CCO)CCc2nc3ccccc3[nH]2)cc1. The van der Waals surface area contributed by atoms with Gasteiger partial charge in [0.1, 0.15) is 18.2 Å². The second-order valence-electron chi connectivity index (χ2n) is 9.34. The summed E-state index contributed by atoms with van der Waals surface area (Å²) in [6, 6.07) is 22.6. The molecule has 0 saturated carbocycles. The van der Waals surface area contributed by atoms with Crippen molar-refractivity contribution in [1.29, 1.82) is 0 Å². The van der Waals surface area contributed by atoms with E-state index in [0.29, 0.717) is 13.1 Å². The summed E-state index contributed by atoms with van der Waals surface area (Å²) < 4.78 is 18.3. The number of halogens is 1. The molecule has 1 aromatic heterocycles. The molecule has 0 fully saturated rings. The number of fused-ring (bicyclic) bond motifs is 1. The molecule has 0 radical (unpaired) electrons. The van der Waals surface area contributed by atoms with Gasteiger partial charge in [-0.1, -0.05) is 48.5 Å². The standard InChI is InChI=1S/C30H35FN4O3/c31-26-13-11-25(12-14-26)21-38-22-30(37)32-16-3-4-23-7-9-24(10-8-23)20-35(18-19-36)17-15-29-33-27-5-1-2-6-28(27)34-29/h1-2,5-14,36H,3-4,15-22H2,(H,32,37)(H,33,34). The number of aromatic nitrogens is 2. The molecule has 0 spiro atoms. The molecule has 38 heavy (non-hydrogen) atoms. The van der Waals surface area contributed by atoms with Crippen molar-refractivity contribution in [1.82, 2.24) is 20.2 Å². The van der Waals surface area contributed by atoms with Gasteiger partial charge in [-0.25, -0.2) is 9.37 Å². The quantitative estimate of drug-likeness (QED) is 0.207. The van der Waals surface area contributed by atoms with Crippen molar-refractivity contribution in [3.8, 4) is 0 Å². The second-order valence-corrected chi connectivity index (χ2v) is 9.34. The van der Waals surface area contributed by atoms with E-state index in [-0.39, 0.29) is 31.5 Å². The maximum Gasteiger partial charge on any atom is 0.246 e. The van der Waals surface area contributed by atoms with Crippen LogP contribution >= 0.6 is 0 Å². The number of rotatable bonds is 15. The van der Waals surface area contributed by atoms with E-state index in [2.05, 4.69) is 44.5 Å². The number of aliphatic hydroxyl groups is 1. The molecule has 0 saturated heterocycles. The molecule has 4 aromatic rings. The second kappa shape index (κ2) is 14.4. The van der Waals surface area contributed by atoms with Gasteiger partial charge >= 0.3 is 0 Å². The molecule has 1 heterocycles. The molecule has 0 aliphatic rings. The lowest BCUT2D eigenvalue weighted by Gasteiger charge is -2.21. The Morgan fingerprint density at radius 3 is 2.45 bits per heavy atom. The molecule has 0 aliphatic heterocycles. The molecule has 3 aromatic carbocycles. The number of aromatic amines is 1. The van der Waals surface area contributed by atoms with Crippen LogP contribution in [0.3, 0.4) is 0 Å². The van der Waals surface area contributed by atoms with Crippen molar-refractivity contribution in [2.75, 3.05) is 32.8 Å². The number of hydrogen-bond donors (Lipinski definition) is 3. The number of hydrogen-bond acceptors (Lipinski definition) is 5. The normalized spacial score (nSPS) is 11.3. The van der Waals surface area contributed by atoms with Crippen molar-refractivity contribution in [2.24, 2.45) is 0 Å². The van der Waals surface area contributed by atoms with Crippen LogP contribution in [-0.2, 0) is 35.5 Å². The van der Waals surface area contributed by atoms with Crippen molar-refractivity contribution in [3.05, 3.63) is 101 Å². The molecule has 1 amide bonds. The molecule has 0 atom stereocenters. The average Bonchev–Trinajstić information content (AvgIpc) is 3.35. The number of ether oxygens (including phenoxy) is 1. The summed E-state index contributed by atoms with van der Waals surface area (Å²) in [6.07, 6.45) is 2.48. The zero-order chi connectivity index (χ0) is 26.6. The minimum Gasteiger partial charge on any atom is -0.395 e. The van der Waals surface area contributed by atoms with Gasteiger partial charge in [0.25, 0.3) is 0 Å². The molecule has 8 heteroatoms. The van der Waals surface area contributed by atoms with Crippen LogP contribution in [0.25, 0.3) is 11.0 Å². The van der Waals surface area contributed by atoms with Crippen LogP contribution in [0.1, 0.15) is 28.9 Å². The first-order chi connectivity index (χ1) is 18.6. The first-order valence-electron chi connectivity index (χ1n) is 13.0. The molecular formula is C30H35FN4O3. The van der Waals surface area contributed by atoms with Crippen LogP contribution in [0.4, 0.5) is 4.39 Å². The lowest BCUT2D eigenvalue weighted by atomic mass is 10.1. The highest BCUT2D eigenvalue weighted by Gasteiger charge is 2.09. The van der Waals surface area contributed by atoms with Crippen LogP contribution < -0.4 is 5.32 Å². The number of aliphatic hydroxyl groups excluding tert-OH is 1. The monoisotopic (exact) mass is 518 g/mol. The van der Waals surface area contributed by atoms with Crippen LogP contribution in [0.15, 0.2) is 72.8 Å². The number of carbonyl (C=O) groups is 1. The molecule has 0 bridgehead atoms. The number of imidazole rings is 1. The summed E-state index contributed by atoms with van der Waals surface area (Å²) in [5.74, 6) is 0.505. The van der Waals surface area contributed by atoms with Gasteiger partial charge < -0.3 is 20.1 Å². The molecule has 3 N–H and O–H groups in total. The minimum absolute atomic E-state index is 0.0211. The summed E-state index contributed by atoms with van der Waals surface area (Å²) in [6.45, 7) is 3.11. The Kier molecular flexibility index (Phi) is 10.4. The van der Waals surface area contributed by atoms with Crippen molar-refractivity contribution >= 4 is 16.9 Å². The summed E-state index contributed by atoms with van der Waals surface area (Å²) in [5, 5.41) is 12.4. The highest BCUT2D eigenvalue weighted by atomic mass is 19.1. The zero-order valence-electron chi connectivity index (χ0n) is 21.5. The Balaban J connectivity index is 1.13. The van der Waals surface area contributed by atoms with Crippen molar-refractivity contribution in [3.63, 3.8) is 0 Å². The first-order valence-corrected chi connectivity index (χ1v) is 13.0. The fourth-order valence-electron chi connectivity index (χ4n) is 4.28. The minimum atomic E-state index is -0.292. The Hall–Kier alpha value is -3.59. The predicted octanol–water partition coefficient (Wildman–Crippen LogP) is 4.00. The van der Waals surface area contributed by atoms with E-state index in [9.17, 15) is 14.3 Å². The lowest BCUT2D eigenvalue weighted by molar-refractivity contribution is -0.126. The van der Waals surface area contributed by atoms with E-state index < -0.39 is 0 Å². The van der Waals surface area contributed by atoms with Crippen LogP contribution in [0, 0.1) is 5.82 Å². The Bertz CT molecular complexity index is 1240. The van der Waals surface area contributed by atoms with Crippen molar-refractivity contribution in [2.45, 2.75) is 32.4 Å². The summed E-state index contributed by atoms with van der Waals surface area (Å²) in [7, 11) is 0. The summed E-state index contributed by atoms with van der Waals surface area (Å²) >= 11 is 0. The molecule has 0 unspecified atom stereocenters. The van der Waals surface area contributed by atoms with Gasteiger partial charge in [-0.05, 0) is 53.8 Å². The number of amides is 1. The smallest absolute Gasteiger partial charge is 0.246 e. The molecule has 7 nitrogen and oxygen atoms in total. The predicted molar refractivity (Wildman–Crippen MR) is 146 cm³/mol. The average molecular weight is 519 g/mol. The maximum atomic E-state index is 12.9. The van der Waals surface area contributed by atoms with Crippen LogP contribution in [-0.4, -0.2) is 58.7 Å². The van der Waals surface area contributed by atoms with Crippen LogP contribution in [0.5, 0.6) is 0 Å². The number of aryl methyl sites for hydroxylation is 1. The third kappa shape index (κ3) is 8.76. The van der Waals surface area contributed by atoms with Gasteiger partial charge in [-0.3, -0.25) is 9.69 Å². The molecule has 0 aliphatic carbocycles. The van der Waals surface area contributed by atoms with E-state index in [1.807, 2.05) is 24.3 Å². The van der Waals surface area contributed by atoms with E-state index in [4.69, 9.17) is 4.74 Å². The van der Waals surface area contributed by atoms with Gasteiger partial charge in [0.05, 0.1) is 24.2 Å². The molecular weight excluding hydrogens is 483 g/mol. The topological polar surface area (TPSA) is 90.5 Å². The third-order valence-corrected chi connectivity index (χ3v) is 6.33. The van der Waals surface area contributed by atoms with Crippen molar-refractivity contribution < 1.29 is 19.0 Å². The summed E-state index contributed by atoms with van der Waals surface area (Å²) in [5.41, 5.74) is 5.25.